The normalized spacial score (nSPS) is 14.4. The number of hydrogen-bond donors (Lipinski definition) is 4. The van der Waals surface area contributed by atoms with Gasteiger partial charge in [0.1, 0.15) is 40.9 Å². The molecule has 28 heavy (non-hydrogen) atoms. The van der Waals surface area contributed by atoms with Crippen LogP contribution < -0.4 is 10.7 Å². The lowest BCUT2D eigenvalue weighted by molar-refractivity contribution is -0.634. The van der Waals surface area contributed by atoms with Gasteiger partial charge in [-0.2, -0.15) is 0 Å². The number of quaternary nitrogens is 1. The molecule has 5 N–H and O–H groups in total. The Kier molecular flexibility index (Phi) is 7.07. The average Bonchev–Trinajstić information content (AvgIpc) is 2.64. The highest BCUT2D eigenvalue weighted by molar-refractivity contribution is 6.34. The molecule has 2 rings (SSSR count). The maximum absolute atomic E-state index is 12.7. The first kappa shape index (κ1) is 21.8. The summed E-state index contributed by atoms with van der Waals surface area (Å²) in [4.78, 5) is 12.7. The average molecular weight is 407 g/mol. The number of allylic oxidation sites excluding steroid dienone is 4. The van der Waals surface area contributed by atoms with E-state index in [2.05, 4.69) is 13.2 Å². The second-order valence-corrected chi connectivity index (χ2v) is 6.81. The van der Waals surface area contributed by atoms with Gasteiger partial charge in [0.05, 0.1) is 12.1 Å². The van der Waals surface area contributed by atoms with Crippen LogP contribution in [0, 0.1) is 0 Å². The summed E-state index contributed by atoms with van der Waals surface area (Å²) in [6.07, 6.45) is 2.50. The minimum absolute atomic E-state index is 0.00915. The zero-order chi connectivity index (χ0) is 21.0. The standard InChI is InChI=1S/C21H24ClNO5/c1-5-11(13(22)7-3)18-9-16(26)20-15(25)8-14(24)19(21(20)28-18)12(6-2)17(27)10-23-4/h5,7-9,12,17,23-25,27H,1,3,6,10H2,2,4H3/p+1/b13-11-. The van der Waals surface area contributed by atoms with Gasteiger partial charge in [-0.3, -0.25) is 4.79 Å². The maximum atomic E-state index is 12.7. The van der Waals surface area contributed by atoms with Gasteiger partial charge in [0.25, 0.3) is 0 Å². The van der Waals surface area contributed by atoms with Crippen LogP contribution in [0.25, 0.3) is 16.5 Å². The summed E-state index contributed by atoms with van der Waals surface area (Å²) >= 11 is 6.14. The van der Waals surface area contributed by atoms with E-state index in [1.807, 2.05) is 19.3 Å². The van der Waals surface area contributed by atoms with E-state index in [4.69, 9.17) is 16.0 Å². The molecule has 0 bridgehead atoms. The molecule has 2 unspecified atom stereocenters. The van der Waals surface area contributed by atoms with Crippen molar-refractivity contribution < 1.29 is 25.1 Å². The van der Waals surface area contributed by atoms with Crippen molar-refractivity contribution in [3.05, 3.63) is 64.0 Å². The van der Waals surface area contributed by atoms with Crippen molar-refractivity contribution in [2.75, 3.05) is 13.6 Å². The molecule has 0 aliphatic carbocycles. The summed E-state index contributed by atoms with van der Waals surface area (Å²) in [5.74, 6) is -1.05. The molecular formula is C21H25ClNO5+. The van der Waals surface area contributed by atoms with E-state index in [0.717, 1.165) is 6.07 Å². The smallest absolute Gasteiger partial charge is 0.197 e. The van der Waals surface area contributed by atoms with Crippen LogP contribution in [0.1, 0.15) is 30.6 Å². The molecule has 7 heteroatoms. The Labute approximate surface area is 168 Å². The molecule has 0 spiro atoms. The first-order chi connectivity index (χ1) is 13.3. The molecule has 0 amide bonds. The minimum atomic E-state index is -0.797. The van der Waals surface area contributed by atoms with Gasteiger partial charge < -0.3 is 25.1 Å². The van der Waals surface area contributed by atoms with Gasteiger partial charge in [-0.1, -0.05) is 37.8 Å². The molecule has 1 aromatic carbocycles. The predicted octanol–water partition coefficient (Wildman–Crippen LogP) is 2.57. The molecule has 2 atom stereocenters. The van der Waals surface area contributed by atoms with Crippen LogP contribution >= 0.6 is 11.6 Å². The fraction of sp³-hybridized carbons (Fsp3) is 0.286. The summed E-state index contributed by atoms with van der Waals surface area (Å²) in [7, 11) is 1.82. The monoisotopic (exact) mass is 406 g/mol. The highest BCUT2D eigenvalue weighted by Gasteiger charge is 2.29. The predicted molar refractivity (Wildman–Crippen MR) is 111 cm³/mol. The second-order valence-electron chi connectivity index (χ2n) is 6.40. The van der Waals surface area contributed by atoms with Crippen molar-refractivity contribution in [1.82, 2.24) is 0 Å². The molecule has 150 valence electrons. The van der Waals surface area contributed by atoms with E-state index in [-0.39, 0.29) is 33.1 Å². The third kappa shape index (κ3) is 3.99. The number of aliphatic hydroxyl groups excluding tert-OH is 1. The lowest BCUT2D eigenvalue weighted by Gasteiger charge is -2.22. The first-order valence-corrected chi connectivity index (χ1v) is 9.31. The van der Waals surface area contributed by atoms with Gasteiger partial charge in [0.15, 0.2) is 5.43 Å². The van der Waals surface area contributed by atoms with E-state index < -0.39 is 23.2 Å². The van der Waals surface area contributed by atoms with Crippen molar-refractivity contribution in [3.8, 4) is 11.5 Å². The van der Waals surface area contributed by atoms with Crippen LogP contribution in [0.2, 0.25) is 0 Å². The summed E-state index contributed by atoms with van der Waals surface area (Å²) in [5.41, 5.74) is 0.117. The van der Waals surface area contributed by atoms with Crippen LogP contribution in [0.15, 0.2) is 51.7 Å². The number of fused-ring (bicyclic) bond motifs is 1. The minimum Gasteiger partial charge on any atom is -0.507 e. The third-order valence-electron chi connectivity index (χ3n) is 4.66. The molecule has 0 aliphatic heterocycles. The van der Waals surface area contributed by atoms with Gasteiger partial charge in [0.2, 0.25) is 0 Å². The maximum Gasteiger partial charge on any atom is 0.197 e. The van der Waals surface area contributed by atoms with E-state index in [0.29, 0.717) is 18.5 Å². The van der Waals surface area contributed by atoms with Crippen LogP contribution in [-0.2, 0) is 0 Å². The number of nitrogens with two attached hydrogens (primary N) is 1. The van der Waals surface area contributed by atoms with E-state index >= 15 is 0 Å². The summed E-state index contributed by atoms with van der Waals surface area (Å²) in [6.45, 7) is 9.53. The van der Waals surface area contributed by atoms with Crippen molar-refractivity contribution in [3.63, 3.8) is 0 Å². The Morgan fingerprint density at radius 2 is 1.96 bits per heavy atom. The first-order valence-electron chi connectivity index (χ1n) is 8.94. The highest BCUT2D eigenvalue weighted by atomic mass is 35.5. The van der Waals surface area contributed by atoms with Crippen molar-refractivity contribution in [2.24, 2.45) is 0 Å². The molecule has 0 radical (unpaired) electrons. The van der Waals surface area contributed by atoms with Crippen molar-refractivity contribution in [2.45, 2.75) is 25.4 Å². The third-order valence-corrected chi connectivity index (χ3v) is 5.01. The fourth-order valence-electron chi connectivity index (χ4n) is 3.31. The number of hydrogen-bond acceptors (Lipinski definition) is 5. The van der Waals surface area contributed by atoms with Gasteiger partial charge in [-0.05, 0) is 12.5 Å². The SMILES string of the molecule is C=C/C(Cl)=C(\C=C)c1cc(=O)c2c(O)cc(O)c(C(CC)C(O)C[NH2+]C)c2o1. The quantitative estimate of drug-likeness (QED) is 0.504. The zero-order valence-corrected chi connectivity index (χ0v) is 16.7. The second kappa shape index (κ2) is 9.10. The molecular weight excluding hydrogens is 382 g/mol. The van der Waals surface area contributed by atoms with Gasteiger partial charge in [-0.15, -0.1) is 0 Å². The Hall–Kier alpha value is -2.54. The number of rotatable bonds is 8. The number of phenols is 2. The number of halogens is 1. The van der Waals surface area contributed by atoms with Gasteiger partial charge >= 0.3 is 0 Å². The lowest BCUT2D eigenvalue weighted by Crippen LogP contribution is -2.82. The molecule has 0 saturated carbocycles. The number of aromatic hydroxyl groups is 2. The lowest BCUT2D eigenvalue weighted by atomic mass is 9.88. The zero-order valence-electron chi connectivity index (χ0n) is 15.9. The van der Waals surface area contributed by atoms with Crippen molar-refractivity contribution >= 4 is 28.1 Å². The largest absolute Gasteiger partial charge is 0.507 e. The van der Waals surface area contributed by atoms with E-state index in [1.54, 1.807) is 0 Å². The van der Waals surface area contributed by atoms with Crippen LogP contribution in [0.3, 0.4) is 0 Å². The summed E-state index contributed by atoms with van der Waals surface area (Å²) in [6, 6.07) is 2.29. The van der Waals surface area contributed by atoms with Crippen LogP contribution in [-0.4, -0.2) is 35.0 Å². The topological polar surface area (TPSA) is 108 Å². The molecule has 2 aromatic rings. The molecule has 0 aliphatic rings. The Morgan fingerprint density at radius 3 is 2.50 bits per heavy atom. The van der Waals surface area contributed by atoms with E-state index in [1.165, 1.54) is 18.2 Å². The van der Waals surface area contributed by atoms with Crippen molar-refractivity contribution in [1.29, 1.82) is 0 Å². The van der Waals surface area contributed by atoms with Gasteiger partial charge in [-0.25, -0.2) is 0 Å². The Balaban J connectivity index is 2.93. The molecule has 0 saturated heterocycles. The number of phenolic OH excluding ortho intramolecular Hbond substituents is 2. The van der Waals surface area contributed by atoms with E-state index in [9.17, 15) is 20.1 Å². The Morgan fingerprint density at radius 1 is 1.29 bits per heavy atom. The number of benzene rings is 1. The van der Waals surface area contributed by atoms with Crippen LogP contribution in [0.4, 0.5) is 0 Å². The summed E-state index contributed by atoms with van der Waals surface area (Å²) < 4.78 is 5.92. The molecule has 6 nitrogen and oxygen atoms in total. The number of likely N-dealkylation sites (N-methyl/N-ethyl adjacent to an activating group) is 1. The van der Waals surface area contributed by atoms with Gasteiger partial charge in [0, 0.05) is 29.2 Å². The summed E-state index contributed by atoms with van der Waals surface area (Å²) in [5, 5.41) is 33.3. The highest BCUT2D eigenvalue weighted by Crippen LogP contribution is 2.41. The molecule has 0 fully saturated rings. The Bertz CT molecular complexity index is 992. The molecule has 1 heterocycles. The van der Waals surface area contributed by atoms with Crippen LogP contribution in [0.5, 0.6) is 11.5 Å². The molecule has 1 aromatic heterocycles. The fourth-order valence-corrected chi connectivity index (χ4v) is 3.48. The number of aliphatic hydroxyl groups is 1.